The molecule has 2 heterocycles. The van der Waals surface area contributed by atoms with E-state index in [9.17, 15) is 10.1 Å². The summed E-state index contributed by atoms with van der Waals surface area (Å²) >= 11 is 0. The molecule has 3 atom stereocenters. The molecule has 1 saturated heterocycles. The first-order chi connectivity index (χ1) is 13.5. The molecule has 0 radical (unpaired) electrons. The van der Waals surface area contributed by atoms with E-state index < -0.39 is 5.54 Å². The summed E-state index contributed by atoms with van der Waals surface area (Å²) in [6.07, 6.45) is 5.25. The van der Waals surface area contributed by atoms with Crippen LogP contribution in [-0.4, -0.2) is 29.4 Å². The first-order valence-corrected chi connectivity index (χ1v) is 10.4. The van der Waals surface area contributed by atoms with E-state index in [1.54, 1.807) is 0 Å². The van der Waals surface area contributed by atoms with Gasteiger partial charge in [-0.1, -0.05) is 13.0 Å². The third kappa shape index (κ3) is 2.58. The zero-order valence-corrected chi connectivity index (χ0v) is 16.5. The molecule has 28 heavy (non-hydrogen) atoms. The number of carbonyl (C=O) groups excluding carboxylic acids is 1. The van der Waals surface area contributed by atoms with Crippen LogP contribution in [0.4, 0.5) is 0 Å². The first kappa shape index (κ1) is 17.8. The fourth-order valence-electron chi connectivity index (χ4n) is 5.00. The Kier molecular flexibility index (Phi) is 3.86. The topological polar surface area (TPSA) is 64.2 Å². The molecule has 0 unspecified atom stereocenters. The fraction of sp³-hybridized carbons (Fsp3) is 0.565. The second-order valence-corrected chi connectivity index (χ2v) is 8.77. The second-order valence-electron chi connectivity index (χ2n) is 8.77. The molecule has 0 bridgehead atoms. The number of fused-ring (bicyclic) bond motifs is 1. The summed E-state index contributed by atoms with van der Waals surface area (Å²) in [5.74, 6) is 0.378. The predicted octanol–water partition coefficient (Wildman–Crippen LogP) is 4.50. The Bertz CT molecular complexity index is 997. The highest BCUT2D eigenvalue weighted by molar-refractivity contribution is 5.96. The summed E-state index contributed by atoms with van der Waals surface area (Å²) in [7, 11) is 0. The Morgan fingerprint density at radius 3 is 2.79 bits per heavy atom. The molecule has 5 rings (SSSR count). The van der Waals surface area contributed by atoms with E-state index >= 15 is 0 Å². The molecular formula is C23H26N2O3. The van der Waals surface area contributed by atoms with Crippen LogP contribution in [0.25, 0.3) is 10.9 Å². The number of ether oxygens (including phenoxy) is 2. The summed E-state index contributed by atoms with van der Waals surface area (Å²) in [5.41, 5.74) is 2.25. The number of nitrogens with zero attached hydrogens (tertiary/aromatic N) is 2. The smallest absolute Gasteiger partial charge is 0.355 e. The number of esters is 1. The molecule has 1 aromatic carbocycles. The summed E-state index contributed by atoms with van der Waals surface area (Å²) in [5, 5.41) is 10.9. The average Bonchev–Trinajstić information content (AvgIpc) is 3.56. The monoisotopic (exact) mass is 378 g/mol. The maximum atomic E-state index is 12.6. The molecule has 146 valence electrons. The van der Waals surface area contributed by atoms with E-state index in [1.807, 2.05) is 17.6 Å². The van der Waals surface area contributed by atoms with Gasteiger partial charge in [-0.3, -0.25) is 0 Å². The highest BCUT2D eigenvalue weighted by atomic mass is 16.5. The number of carbonyl (C=O) groups is 1. The maximum Gasteiger partial charge on any atom is 0.355 e. The molecule has 5 heteroatoms. The van der Waals surface area contributed by atoms with Crippen LogP contribution in [0.1, 0.15) is 67.9 Å². The average molecular weight is 378 g/mol. The van der Waals surface area contributed by atoms with Gasteiger partial charge in [0, 0.05) is 12.0 Å². The van der Waals surface area contributed by atoms with Crippen molar-refractivity contribution in [3.8, 4) is 6.07 Å². The summed E-state index contributed by atoms with van der Waals surface area (Å²) in [4.78, 5) is 12.6. The van der Waals surface area contributed by atoms with Crippen LogP contribution in [-0.2, 0) is 15.0 Å². The molecule has 1 aromatic heterocycles. The minimum atomic E-state index is -0.637. The minimum absolute atomic E-state index is 0.133. The molecule has 1 spiro atoms. The van der Waals surface area contributed by atoms with Crippen LogP contribution < -0.4 is 0 Å². The number of nitriles is 1. The van der Waals surface area contributed by atoms with E-state index in [1.165, 1.54) is 18.4 Å². The molecule has 2 saturated carbocycles. The van der Waals surface area contributed by atoms with E-state index in [0.717, 1.165) is 36.8 Å². The summed E-state index contributed by atoms with van der Waals surface area (Å²) in [6.45, 7) is 5.02. The number of rotatable bonds is 4. The van der Waals surface area contributed by atoms with Gasteiger partial charge >= 0.3 is 5.97 Å². The zero-order chi connectivity index (χ0) is 19.5. The molecule has 0 amide bonds. The third-order valence-electron chi connectivity index (χ3n) is 6.95. The van der Waals surface area contributed by atoms with Crippen LogP contribution >= 0.6 is 0 Å². The lowest BCUT2D eigenvalue weighted by molar-refractivity contribution is -0.0132. The predicted molar refractivity (Wildman–Crippen MR) is 105 cm³/mol. The number of hydrogen-bond acceptors (Lipinski definition) is 4. The first-order valence-electron chi connectivity index (χ1n) is 10.4. The minimum Gasteiger partial charge on any atom is -0.461 e. The van der Waals surface area contributed by atoms with Crippen LogP contribution in [0, 0.1) is 17.2 Å². The molecular weight excluding hydrogens is 352 g/mol. The van der Waals surface area contributed by atoms with Crippen molar-refractivity contribution in [3.05, 3.63) is 35.5 Å². The van der Waals surface area contributed by atoms with E-state index in [2.05, 4.69) is 31.2 Å². The van der Waals surface area contributed by atoms with Crippen molar-refractivity contribution in [3.63, 3.8) is 0 Å². The van der Waals surface area contributed by atoms with Gasteiger partial charge in [-0.2, -0.15) is 5.26 Å². The maximum absolute atomic E-state index is 12.6. The van der Waals surface area contributed by atoms with E-state index in [0.29, 0.717) is 18.2 Å². The van der Waals surface area contributed by atoms with Crippen LogP contribution in [0.5, 0.6) is 0 Å². The number of aromatic nitrogens is 1. The third-order valence-corrected chi connectivity index (χ3v) is 6.95. The Balaban J connectivity index is 1.59. The standard InChI is InChI=1S/C23H26N2O3/c1-3-27-21(26)20-11-18-10-16(17-6-9-28-22(13-17)7-8-22)4-5-19(18)25(20)23(14-24)12-15(23)2/h4-5,10-11,15,17H,3,6-9,12-13H2,1-2H3/t15-,17-,23+/m0/s1. The summed E-state index contributed by atoms with van der Waals surface area (Å²) < 4.78 is 13.2. The van der Waals surface area contributed by atoms with Crippen molar-refractivity contribution in [1.29, 1.82) is 5.26 Å². The molecule has 3 aliphatic rings. The van der Waals surface area contributed by atoms with Crippen LogP contribution in [0.3, 0.4) is 0 Å². The molecule has 2 aliphatic carbocycles. The van der Waals surface area contributed by atoms with Crippen molar-refractivity contribution < 1.29 is 14.3 Å². The molecule has 0 N–H and O–H groups in total. The van der Waals surface area contributed by atoms with E-state index in [4.69, 9.17) is 9.47 Å². The van der Waals surface area contributed by atoms with E-state index in [-0.39, 0.29) is 17.5 Å². The van der Waals surface area contributed by atoms with Gasteiger partial charge in [0.1, 0.15) is 11.2 Å². The normalized spacial score (nSPS) is 30.2. The highest BCUT2D eigenvalue weighted by Gasteiger charge is 2.55. The summed E-state index contributed by atoms with van der Waals surface area (Å²) in [6, 6.07) is 10.9. The quantitative estimate of drug-likeness (QED) is 0.735. The lowest BCUT2D eigenvalue weighted by atomic mass is 9.87. The largest absolute Gasteiger partial charge is 0.461 e. The van der Waals surface area contributed by atoms with Gasteiger partial charge in [-0.15, -0.1) is 0 Å². The Morgan fingerprint density at radius 1 is 1.36 bits per heavy atom. The van der Waals surface area contributed by atoms with Crippen molar-refractivity contribution in [2.45, 2.75) is 63.0 Å². The second kappa shape index (κ2) is 6.09. The van der Waals surface area contributed by atoms with Gasteiger partial charge < -0.3 is 14.0 Å². The molecule has 2 aromatic rings. The SMILES string of the molecule is CCOC(=O)c1cc2cc([C@H]3CCOC4(CC4)C3)ccc2n1[C@@]1(C#N)C[C@@H]1C. The Labute approximate surface area is 165 Å². The van der Waals surface area contributed by atoms with Crippen molar-refractivity contribution in [2.75, 3.05) is 13.2 Å². The van der Waals surface area contributed by atoms with Crippen molar-refractivity contribution in [2.24, 2.45) is 5.92 Å². The van der Waals surface area contributed by atoms with Gasteiger partial charge in [0.2, 0.25) is 0 Å². The number of hydrogen-bond donors (Lipinski definition) is 0. The Morgan fingerprint density at radius 2 is 2.14 bits per heavy atom. The van der Waals surface area contributed by atoms with Gasteiger partial charge in [0.05, 0.1) is 23.8 Å². The van der Waals surface area contributed by atoms with Gasteiger partial charge in [-0.05, 0) is 74.6 Å². The fourth-order valence-corrected chi connectivity index (χ4v) is 5.00. The molecule has 3 fully saturated rings. The lowest BCUT2D eigenvalue weighted by Gasteiger charge is -2.30. The van der Waals surface area contributed by atoms with Crippen molar-refractivity contribution >= 4 is 16.9 Å². The van der Waals surface area contributed by atoms with Gasteiger partial charge in [0.25, 0.3) is 0 Å². The van der Waals surface area contributed by atoms with Crippen LogP contribution in [0.15, 0.2) is 24.3 Å². The lowest BCUT2D eigenvalue weighted by Crippen LogP contribution is -2.26. The van der Waals surface area contributed by atoms with Crippen molar-refractivity contribution in [1.82, 2.24) is 4.57 Å². The molecule has 1 aliphatic heterocycles. The van der Waals surface area contributed by atoms with Gasteiger partial charge in [-0.25, -0.2) is 4.79 Å². The Hall–Kier alpha value is -2.32. The molecule has 5 nitrogen and oxygen atoms in total. The van der Waals surface area contributed by atoms with Crippen LogP contribution in [0.2, 0.25) is 0 Å². The highest BCUT2D eigenvalue weighted by Crippen LogP contribution is 2.53. The zero-order valence-electron chi connectivity index (χ0n) is 16.5. The van der Waals surface area contributed by atoms with Gasteiger partial charge in [0.15, 0.2) is 0 Å². The number of benzene rings is 1.